The van der Waals surface area contributed by atoms with Gasteiger partial charge in [0.25, 0.3) is 5.91 Å². The first-order valence-electron chi connectivity index (χ1n) is 8.49. The lowest BCUT2D eigenvalue weighted by Crippen LogP contribution is -2.16. The van der Waals surface area contributed by atoms with Crippen molar-refractivity contribution in [3.8, 4) is 11.5 Å². The van der Waals surface area contributed by atoms with E-state index in [0.717, 1.165) is 29.9 Å². The molecule has 2 aromatic rings. The molecule has 1 aliphatic carbocycles. The lowest BCUT2D eigenvalue weighted by Gasteiger charge is -2.20. The van der Waals surface area contributed by atoms with Gasteiger partial charge in [0.15, 0.2) is 11.5 Å². The van der Waals surface area contributed by atoms with E-state index in [1.165, 1.54) is 19.0 Å². The summed E-state index contributed by atoms with van der Waals surface area (Å²) in [5.74, 6) is 0.971. The number of para-hydroxylation sites is 1. The van der Waals surface area contributed by atoms with Crippen LogP contribution in [0, 0.1) is 0 Å². The number of aromatic nitrogens is 1. The summed E-state index contributed by atoms with van der Waals surface area (Å²) in [4.78, 5) is 15.5. The SMILES string of the molecule is COc1cccc(CNc2ccncc2C(N)=O)c1OC1CCCC1. The zero-order valence-corrected chi connectivity index (χ0v) is 14.3. The third-order valence-corrected chi connectivity index (χ3v) is 4.42. The fourth-order valence-corrected chi connectivity index (χ4v) is 3.10. The quantitative estimate of drug-likeness (QED) is 0.808. The Balaban J connectivity index is 1.81. The number of anilines is 1. The molecule has 0 spiro atoms. The smallest absolute Gasteiger partial charge is 0.252 e. The number of carbonyl (C=O) groups excluding carboxylic acids is 1. The summed E-state index contributed by atoms with van der Waals surface area (Å²) in [6.45, 7) is 0.490. The van der Waals surface area contributed by atoms with Crippen molar-refractivity contribution >= 4 is 11.6 Å². The van der Waals surface area contributed by atoms with Crippen molar-refractivity contribution in [2.45, 2.75) is 38.3 Å². The van der Waals surface area contributed by atoms with E-state index >= 15 is 0 Å². The number of benzene rings is 1. The molecule has 0 radical (unpaired) electrons. The Labute approximate surface area is 147 Å². The molecule has 1 amide bonds. The monoisotopic (exact) mass is 341 g/mol. The predicted molar refractivity (Wildman–Crippen MR) is 96.0 cm³/mol. The third kappa shape index (κ3) is 4.02. The number of nitrogens with zero attached hydrogens (tertiary/aromatic N) is 1. The Morgan fingerprint density at radius 3 is 2.84 bits per heavy atom. The molecule has 0 atom stereocenters. The fraction of sp³-hybridized carbons (Fsp3) is 0.368. The molecule has 0 saturated heterocycles. The van der Waals surface area contributed by atoms with Gasteiger partial charge in [0, 0.05) is 24.5 Å². The van der Waals surface area contributed by atoms with E-state index in [1.54, 1.807) is 19.4 Å². The fourth-order valence-electron chi connectivity index (χ4n) is 3.10. The predicted octanol–water partition coefficient (Wildman–Crippen LogP) is 3.12. The summed E-state index contributed by atoms with van der Waals surface area (Å²) in [6, 6.07) is 7.55. The van der Waals surface area contributed by atoms with Crippen molar-refractivity contribution in [1.29, 1.82) is 0 Å². The topological polar surface area (TPSA) is 86.5 Å². The van der Waals surface area contributed by atoms with Gasteiger partial charge in [0.1, 0.15) is 0 Å². The molecule has 0 aliphatic heterocycles. The number of carbonyl (C=O) groups is 1. The molecule has 3 rings (SSSR count). The molecule has 6 nitrogen and oxygen atoms in total. The number of ether oxygens (including phenoxy) is 2. The van der Waals surface area contributed by atoms with E-state index in [2.05, 4.69) is 10.3 Å². The number of nitrogens with one attached hydrogen (secondary N) is 1. The van der Waals surface area contributed by atoms with Gasteiger partial charge in [-0.15, -0.1) is 0 Å². The van der Waals surface area contributed by atoms with E-state index < -0.39 is 5.91 Å². The summed E-state index contributed by atoms with van der Waals surface area (Å²) in [5.41, 5.74) is 7.39. The number of hydrogen-bond donors (Lipinski definition) is 2. The average Bonchev–Trinajstić information content (AvgIpc) is 3.14. The molecule has 3 N–H and O–H groups in total. The second kappa shape index (κ2) is 7.88. The number of nitrogens with two attached hydrogens (primary N) is 1. The molecular weight excluding hydrogens is 318 g/mol. The van der Waals surface area contributed by atoms with Gasteiger partial charge in [0.05, 0.1) is 24.5 Å². The summed E-state index contributed by atoms with van der Waals surface area (Å²) in [7, 11) is 1.64. The van der Waals surface area contributed by atoms with Crippen LogP contribution in [-0.4, -0.2) is 24.1 Å². The molecule has 0 bridgehead atoms. The summed E-state index contributed by atoms with van der Waals surface area (Å²) in [5, 5.41) is 3.25. The first-order chi connectivity index (χ1) is 12.2. The summed E-state index contributed by atoms with van der Waals surface area (Å²) >= 11 is 0. The van der Waals surface area contributed by atoms with Crippen molar-refractivity contribution in [2.24, 2.45) is 5.73 Å². The summed E-state index contributed by atoms with van der Waals surface area (Å²) in [6.07, 6.45) is 7.86. The van der Waals surface area contributed by atoms with Crippen LogP contribution in [0.25, 0.3) is 0 Å². The molecule has 25 heavy (non-hydrogen) atoms. The van der Waals surface area contributed by atoms with Crippen molar-refractivity contribution in [2.75, 3.05) is 12.4 Å². The molecule has 1 heterocycles. The number of hydrogen-bond acceptors (Lipinski definition) is 5. The normalized spacial score (nSPS) is 14.3. The Kier molecular flexibility index (Phi) is 5.38. The molecule has 6 heteroatoms. The Morgan fingerprint density at radius 1 is 1.32 bits per heavy atom. The maximum atomic E-state index is 11.5. The van der Waals surface area contributed by atoms with E-state index in [4.69, 9.17) is 15.2 Å². The molecule has 1 aliphatic rings. The molecular formula is C19H23N3O3. The van der Waals surface area contributed by atoms with Crippen molar-refractivity contribution in [3.05, 3.63) is 47.8 Å². The maximum absolute atomic E-state index is 11.5. The number of primary amides is 1. The first-order valence-corrected chi connectivity index (χ1v) is 8.49. The standard InChI is InChI=1S/C19H23N3O3/c1-24-17-8-4-5-13(18(17)25-14-6-2-3-7-14)11-22-16-9-10-21-12-15(16)19(20)23/h4-5,8-10,12,14H,2-3,6-7,11H2,1H3,(H2,20,23)(H,21,22). The number of rotatable bonds is 7. The Hall–Kier alpha value is -2.76. The van der Waals surface area contributed by atoms with E-state index in [9.17, 15) is 4.79 Å². The summed E-state index contributed by atoms with van der Waals surface area (Å²) < 4.78 is 11.7. The van der Waals surface area contributed by atoms with E-state index in [0.29, 0.717) is 17.8 Å². The van der Waals surface area contributed by atoms with Gasteiger partial charge in [-0.1, -0.05) is 12.1 Å². The van der Waals surface area contributed by atoms with Crippen molar-refractivity contribution in [3.63, 3.8) is 0 Å². The molecule has 132 valence electrons. The van der Waals surface area contributed by atoms with Crippen molar-refractivity contribution in [1.82, 2.24) is 4.98 Å². The highest BCUT2D eigenvalue weighted by atomic mass is 16.5. The Morgan fingerprint density at radius 2 is 2.12 bits per heavy atom. The highest BCUT2D eigenvalue weighted by Gasteiger charge is 2.20. The van der Waals surface area contributed by atoms with Gasteiger partial charge in [-0.25, -0.2) is 0 Å². The third-order valence-electron chi connectivity index (χ3n) is 4.42. The van der Waals surface area contributed by atoms with Gasteiger partial charge in [0.2, 0.25) is 0 Å². The van der Waals surface area contributed by atoms with Crippen molar-refractivity contribution < 1.29 is 14.3 Å². The van der Waals surface area contributed by atoms with Gasteiger partial charge >= 0.3 is 0 Å². The van der Waals surface area contributed by atoms with Crippen LogP contribution in [0.3, 0.4) is 0 Å². The van der Waals surface area contributed by atoms with Crippen LogP contribution < -0.4 is 20.5 Å². The van der Waals surface area contributed by atoms with Gasteiger partial charge < -0.3 is 20.5 Å². The maximum Gasteiger partial charge on any atom is 0.252 e. The van der Waals surface area contributed by atoms with Crippen LogP contribution in [0.5, 0.6) is 11.5 Å². The van der Waals surface area contributed by atoms with E-state index in [-0.39, 0.29) is 6.10 Å². The van der Waals surface area contributed by atoms with Crippen LogP contribution in [0.2, 0.25) is 0 Å². The zero-order valence-electron chi connectivity index (χ0n) is 14.3. The highest BCUT2D eigenvalue weighted by molar-refractivity contribution is 5.98. The highest BCUT2D eigenvalue weighted by Crippen LogP contribution is 2.35. The Bertz CT molecular complexity index is 742. The van der Waals surface area contributed by atoms with E-state index in [1.807, 2.05) is 18.2 Å². The number of amides is 1. The van der Waals surface area contributed by atoms with Crippen LogP contribution >= 0.6 is 0 Å². The molecule has 1 saturated carbocycles. The molecule has 1 aromatic heterocycles. The number of methoxy groups -OCH3 is 1. The first kappa shape index (κ1) is 17.1. The molecule has 1 aromatic carbocycles. The molecule has 0 unspecified atom stereocenters. The minimum Gasteiger partial charge on any atom is -0.493 e. The minimum atomic E-state index is -0.510. The zero-order chi connectivity index (χ0) is 17.6. The lowest BCUT2D eigenvalue weighted by atomic mass is 10.1. The van der Waals surface area contributed by atoms with Crippen LogP contribution in [-0.2, 0) is 6.54 Å². The second-order valence-electron chi connectivity index (χ2n) is 6.11. The van der Waals surface area contributed by atoms with Crippen LogP contribution in [0.4, 0.5) is 5.69 Å². The average molecular weight is 341 g/mol. The van der Waals surface area contributed by atoms with Gasteiger partial charge in [-0.2, -0.15) is 0 Å². The second-order valence-corrected chi connectivity index (χ2v) is 6.11. The largest absolute Gasteiger partial charge is 0.493 e. The molecule has 1 fully saturated rings. The minimum absolute atomic E-state index is 0.233. The van der Waals surface area contributed by atoms with Gasteiger partial charge in [-0.05, 0) is 37.8 Å². The van der Waals surface area contributed by atoms with Crippen LogP contribution in [0.1, 0.15) is 41.6 Å². The number of pyridine rings is 1. The van der Waals surface area contributed by atoms with Gasteiger partial charge in [-0.3, -0.25) is 9.78 Å². The van der Waals surface area contributed by atoms with Crippen LogP contribution in [0.15, 0.2) is 36.7 Å². The lowest BCUT2D eigenvalue weighted by molar-refractivity contribution is 0.100.